The number of rotatable bonds is 5. The predicted molar refractivity (Wildman–Crippen MR) is 89.5 cm³/mol. The van der Waals surface area contributed by atoms with Crippen LogP contribution in [-0.2, 0) is 14.3 Å². The summed E-state index contributed by atoms with van der Waals surface area (Å²) in [5, 5.41) is 13.0. The van der Waals surface area contributed by atoms with Crippen molar-refractivity contribution in [2.75, 3.05) is 13.2 Å². The first-order valence-electron chi connectivity index (χ1n) is 7.79. The molecule has 1 aliphatic rings. The number of carbonyl (C=O) groups excluding carboxylic acids is 1. The van der Waals surface area contributed by atoms with Gasteiger partial charge in [-0.3, -0.25) is 4.79 Å². The molecule has 1 saturated heterocycles. The first-order chi connectivity index (χ1) is 12.1. The molecule has 0 bridgehead atoms. The van der Waals surface area contributed by atoms with E-state index in [1.165, 1.54) is 6.21 Å². The second-order valence-electron chi connectivity index (χ2n) is 5.66. The van der Waals surface area contributed by atoms with E-state index in [9.17, 15) is 4.79 Å². The molecule has 0 saturated carbocycles. The molecule has 1 amide bonds. The molecule has 0 aliphatic carbocycles. The first kappa shape index (κ1) is 16.9. The van der Waals surface area contributed by atoms with Gasteiger partial charge in [0.25, 0.3) is 0 Å². The molecular formula is C18H17N3O4. The highest BCUT2D eigenvalue weighted by molar-refractivity contribution is 5.81. The molecule has 7 nitrogen and oxygen atoms in total. The van der Waals surface area contributed by atoms with Crippen molar-refractivity contribution in [1.29, 1.82) is 5.26 Å². The lowest BCUT2D eigenvalue weighted by Crippen LogP contribution is -2.33. The van der Waals surface area contributed by atoms with Gasteiger partial charge in [0.05, 0.1) is 37.5 Å². The van der Waals surface area contributed by atoms with Gasteiger partial charge in [0.15, 0.2) is 5.79 Å². The van der Waals surface area contributed by atoms with Crippen LogP contribution in [0.25, 0.3) is 11.3 Å². The van der Waals surface area contributed by atoms with Gasteiger partial charge in [-0.15, -0.1) is 0 Å². The normalized spacial score (nSPS) is 16.0. The molecule has 0 radical (unpaired) electrons. The second-order valence-corrected chi connectivity index (χ2v) is 5.66. The zero-order chi connectivity index (χ0) is 17.7. The van der Waals surface area contributed by atoms with Crippen LogP contribution in [0.4, 0.5) is 0 Å². The SMILES string of the molecule is CC1(CC(=O)N/N=C/c2ccc(-c3ccccc3C#N)o2)OCCO1. The Balaban J connectivity index is 1.60. The molecule has 7 heteroatoms. The summed E-state index contributed by atoms with van der Waals surface area (Å²) >= 11 is 0. The lowest BCUT2D eigenvalue weighted by Gasteiger charge is -2.20. The molecule has 2 heterocycles. The Morgan fingerprint density at radius 2 is 2.08 bits per heavy atom. The minimum Gasteiger partial charge on any atom is -0.455 e. The van der Waals surface area contributed by atoms with E-state index in [-0.39, 0.29) is 12.3 Å². The van der Waals surface area contributed by atoms with Crippen molar-refractivity contribution in [2.24, 2.45) is 5.10 Å². The highest BCUT2D eigenvalue weighted by atomic mass is 16.7. The predicted octanol–water partition coefficient (Wildman–Crippen LogP) is 2.42. The van der Waals surface area contributed by atoms with Gasteiger partial charge in [-0.2, -0.15) is 10.4 Å². The fourth-order valence-corrected chi connectivity index (χ4v) is 2.52. The summed E-state index contributed by atoms with van der Waals surface area (Å²) in [7, 11) is 0. The molecule has 128 valence electrons. The number of furan rings is 1. The van der Waals surface area contributed by atoms with Crippen LogP contribution in [0.3, 0.4) is 0 Å². The molecule has 1 aliphatic heterocycles. The molecule has 1 fully saturated rings. The Morgan fingerprint density at radius 1 is 1.32 bits per heavy atom. The fourth-order valence-electron chi connectivity index (χ4n) is 2.52. The molecule has 0 atom stereocenters. The fraction of sp³-hybridized carbons (Fsp3) is 0.278. The number of nitrogens with zero attached hydrogens (tertiary/aromatic N) is 2. The van der Waals surface area contributed by atoms with E-state index in [2.05, 4.69) is 16.6 Å². The van der Waals surface area contributed by atoms with E-state index in [0.717, 1.165) is 0 Å². The molecule has 25 heavy (non-hydrogen) atoms. The van der Waals surface area contributed by atoms with Gasteiger partial charge in [-0.25, -0.2) is 5.43 Å². The molecule has 2 aromatic rings. The third kappa shape index (κ3) is 4.12. The summed E-state index contributed by atoms with van der Waals surface area (Å²) in [4.78, 5) is 11.9. The van der Waals surface area contributed by atoms with Crippen molar-refractivity contribution in [1.82, 2.24) is 5.43 Å². The number of nitriles is 1. The summed E-state index contributed by atoms with van der Waals surface area (Å²) in [6.07, 6.45) is 1.46. The van der Waals surface area contributed by atoms with Crippen molar-refractivity contribution in [2.45, 2.75) is 19.1 Å². The molecule has 1 aromatic heterocycles. The second kappa shape index (κ2) is 7.30. The number of hydrazone groups is 1. The summed E-state index contributed by atoms with van der Waals surface area (Å²) in [6.45, 7) is 2.67. The van der Waals surface area contributed by atoms with Crippen LogP contribution < -0.4 is 5.43 Å². The minimum absolute atomic E-state index is 0.0588. The van der Waals surface area contributed by atoms with Crippen LogP contribution in [0.1, 0.15) is 24.7 Å². The van der Waals surface area contributed by atoms with Crippen LogP contribution in [0.2, 0.25) is 0 Å². The zero-order valence-corrected chi connectivity index (χ0v) is 13.7. The molecule has 1 aromatic carbocycles. The largest absolute Gasteiger partial charge is 0.455 e. The Morgan fingerprint density at radius 3 is 2.84 bits per heavy atom. The average molecular weight is 339 g/mol. The van der Waals surface area contributed by atoms with E-state index >= 15 is 0 Å². The Kier molecular flexibility index (Phi) is 4.93. The summed E-state index contributed by atoms with van der Waals surface area (Å²) in [5.41, 5.74) is 3.65. The lowest BCUT2D eigenvalue weighted by atomic mass is 10.1. The number of hydrogen-bond acceptors (Lipinski definition) is 6. The maximum absolute atomic E-state index is 11.9. The van der Waals surface area contributed by atoms with Gasteiger partial charge in [-0.05, 0) is 31.2 Å². The van der Waals surface area contributed by atoms with E-state index in [4.69, 9.17) is 19.2 Å². The Bertz CT molecular complexity index is 829. The third-order valence-electron chi connectivity index (χ3n) is 3.70. The van der Waals surface area contributed by atoms with Gasteiger partial charge >= 0.3 is 0 Å². The van der Waals surface area contributed by atoms with Crippen molar-refractivity contribution in [3.8, 4) is 17.4 Å². The maximum Gasteiger partial charge on any atom is 0.245 e. The number of amides is 1. The zero-order valence-electron chi connectivity index (χ0n) is 13.7. The Hall–Kier alpha value is -2.95. The van der Waals surface area contributed by atoms with Crippen LogP contribution in [0, 0.1) is 11.3 Å². The van der Waals surface area contributed by atoms with Crippen molar-refractivity contribution in [3.05, 3.63) is 47.7 Å². The number of benzene rings is 1. The molecular weight excluding hydrogens is 322 g/mol. The van der Waals surface area contributed by atoms with E-state index in [1.54, 1.807) is 31.2 Å². The van der Waals surface area contributed by atoms with Crippen molar-refractivity contribution in [3.63, 3.8) is 0 Å². The van der Waals surface area contributed by atoms with Crippen molar-refractivity contribution >= 4 is 12.1 Å². The van der Waals surface area contributed by atoms with E-state index < -0.39 is 5.79 Å². The molecule has 0 spiro atoms. The topological polar surface area (TPSA) is 96.9 Å². The number of ether oxygens (including phenoxy) is 2. The third-order valence-corrected chi connectivity index (χ3v) is 3.70. The van der Waals surface area contributed by atoms with Crippen LogP contribution >= 0.6 is 0 Å². The standard InChI is InChI=1S/C18H17N3O4/c1-18(23-8-9-24-18)10-17(22)21-20-12-14-6-7-16(25-14)15-5-3-2-4-13(15)11-19/h2-7,12H,8-10H2,1H3,(H,21,22)/b20-12+. The molecule has 0 unspecified atom stereocenters. The summed E-state index contributed by atoms with van der Waals surface area (Å²) in [6, 6.07) is 12.7. The smallest absolute Gasteiger partial charge is 0.245 e. The average Bonchev–Trinajstić information content (AvgIpc) is 3.24. The molecule has 3 rings (SSSR count). The number of nitrogens with one attached hydrogen (secondary N) is 1. The quantitative estimate of drug-likeness (QED) is 0.666. The highest BCUT2D eigenvalue weighted by Gasteiger charge is 2.33. The van der Waals surface area contributed by atoms with Crippen LogP contribution in [-0.4, -0.2) is 31.1 Å². The van der Waals surface area contributed by atoms with Crippen LogP contribution in [0.5, 0.6) is 0 Å². The van der Waals surface area contributed by atoms with Gasteiger partial charge in [0.1, 0.15) is 11.5 Å². The van der Waals surface area contributed by atoms with Gasteiger partial charge < -0.3 is 13.9 Å². The highest BCUT2D eigenvalue weighted by Crippen LogP contribution is 2.25. The van der Waals surface area contributed by atoms with E-state index in [1.807, 2.05) is 12.1 Å². The Labute approximate surface area is 144 Å². The molecule has 1 N–H and O–H groups in total. The van der Waals surface area contributed by atoms with Gasteiger partial charge in [0.2, 0.25) is 5.91 Å². The van der Waals surface area contributed by atoms with E-state index in [0.29, 0.717) is 35.9 Å². The minimum atomic E-state index is -0.890. The maximum atomic E-state index is 11.9. The van der Waals surface area contributed by atoms with Gasteiger partial charge in [0, 0.05) is 5.56 Å². The number of carbonyl (C=O) groups is 1. The van der Waals surface area contributed by atoms with Crippen molar-refractivity contribution < 1.29 is 18.7 Å². The number of hydrogen-bond donors (Lipinski definition) is 1. The summed E-state index contributed by atoms with van der Waals surface area (Å²) in [5.74, 6) is -0.187. The monoisotopic (exact) mass is 339 g/mol. The van der Waals surface area contributed by atoms with Crippen LogP contribution in [0.15, 0.2) is 45.9 Å². The summed E-state index contributed by atoms with van der Waals surface area (Å²) < 4.78 is 16.4. The lowest BCUT2D eigenvalue weighted by molar-refractivity contribution is -0.159. The van der Waals surface area contributed by atoms with Gasteiger partial charge in [-0.1, -0.05) is 12.1 Å². The first-order valence-corrected chi connectivity index (χ1v) is 7.79.